The van der Waals surface area contributed by atoms with Crippen LogP contribution in [0.3, 0.4) is 0 Å². The quantitative estimate of drug-likeness (QED) is 0.582. The number of rotatable bonds is 2. The summed E-state index contributed by atoms with van der Waals surface area (Å²) in [5.41, 5.74) is 0.0422. The molecule has 2 heteroatoms. The van der Waals surface area contributed by atoms with E-state index in [2.05, 4.69) is 50.3 Å². The maximum atomic E-state index is 9.24. The van der Waals surface area contributed by atoms with Crippen molar-refractivity contribution in [2.75, 3.05) is 0 Å². The average Bonchev–Trinajstić information content (AvgIpc) is 1.65. The van der Waals surface area contributed by atoms with Crippen molar-refractivity contribution in [1.82, 2.24) is 0 Å². The molecule has 0 aromatic rings. The zero-order valence-electron chi connectivity index (χ0n) is 6.48. The van der Waals surface area contributed by atoms with Gasteiger partial charge in [0.1, 0.15) is 4.11 Å². The monoisotopic (exact) mass is 242 g/mol. The Bertz CT molecular complexity index is 76.9. The van der Waals surface area contributed by atoms with Gasteiger partial charge in [-0.2, -0.15) is 0 Å². The Hall–Kier alpha value is 0.690. The average molecular weight is 242 g/mol. The lowest BCUT2D eigenvalue weighted by Crippen LogP contribution is -2.29. The normalized spacial score (nSPS) is 16.3. The molecule has 0 aliphatic heterocycles. The largest absolute Gasteiger partial charge is 0.382 e. The van der Waals surface area contributed by atoms with E-state index in [1.165, 1.54) is 0 Å². The van der Waals surface area contributed by atoms with Crippen LogP contribution >= 0.6 is 22.6 Å². The van der Waals surface area contributed by atoms with Crippen LogP contribution in [0.1, 0.15) is 27.7 Å². The first kappa shape index (κ1) is 9.69. The molecule has 0 aliphatic rings. The smallest absolute Gasteiger partial charge is 0.110 e. The minimum Gasteiger partial charge on any atom is -0.382 e. The summed E-state index contributed by atoms with van der Waals surface area (Å²) in [7, 11) is 0. The SMILES string of the molecule is CC(C)C(C)(C)[C@@H](O)I. The summed E-state index contributed by atoms with van der Waals surface area (Å²) in [6.07, 6.45) is 0. The standard InChI is InChI=1S/C7H15IO/c1-5(2)7(3,4)6(8)9/h5-6,9H,1-4H3/t6-/m1/s1. The number of alkyl halides is 1. The van der Waals surface area contributed by atoms with Gasteiger partial charge < -0.3 is 5.11 Å². The Morgan fingerprint density at radius 1 is 1.33 bits per heavy atom. The minimum atomic E-state index is -0.241. The minimum absolute atomic E-state index is 0.0422. The topological polar surface area (TPSA) is 20.2 Å². The molecule has 1 nitrogen and oxygen atoms in total. The van der Waals surface area contributed by atoms with Gasteiger partial charge in [-0.15, -0.1) is 0 Å². The van der Waals surface area contributed by atoms with Crippen molar-refractivity contribution in [2.24, 2.45) is 11.3 Å². The predicted octanol–water partition coefficient (Wildman–Crippen LogP) is 2.42. The zero-order chi connectivity index (χ0) is 7.65. The van der Waals surface area contributed by atoms with Crippen LogP contribution in [0.2, 0.25) is 0 Å². The Morgan fingerprint density at radius 2 is 1.67 bits per heavy atom. The van der Waals surface area contributed by atoms with Crippen LogP contribution in [0.15, 0.2) is 0 Å². The summed E-state index contributed by atoms with van der Waals surface area (Å²) < 4.78 is -0.241. The molecule has 0 saturated heterocycles. The third-order valence-electron chi connectivity index (χ3n) is 2.10. The molecular weight excluding hydrogens is 227 g/mol. The molecule has 0 aromatic carbocycles. The summed E-state index contributed by atoms with van der Waals surface area (Å²) in [6.45, 7) is 8.41. The number of halogens is 1. The lowest BCUT2D eigenvalue weighted by molar-refractivity contribution is 0.0972. The molecule has 1 atom stereocenters. The molecule has 0 aromatic heterocycles. The van der Waals surface area contributed by atoms with Gasteiger partial charge in [0.05, 0.1) is 0 Å². The molecule has 0 heterocycles. The first-order valence-electron chi connectivity index (χ1n) is 3.21. The molecule has 0 saturated carbocycles. The molecule has 0 unspecified atom stereocenters. The van der Waals surface area contributed by atoms with E-state index in [4.69, 9.17) is 0 Å². The van der Waals surface area contributed by atoms with Gasteiger partial charge in [0.25, 0.3) is 0 Å². The first-order chi connectivity index (χ1) is 3.89. The lowest BCUT2D eigenvalue weighted by atomic mass is 9.82. The molecule has 0 amide bonds. The summed E-state index contributed by atoms with van der Waals surface area (Å²) >= 11 is 2.06. The first-order valence-corrected chi connectivity index (χ1v) is 4.45. The molecule has 0 fully saturated rings. The lowest BCUT2D eigenvalue weighted by Gasteiger charge is -2.30. The summed E-state index contributed by atoms with van der Waals surface area (Å²) in [4.78, 5) is 0. The molecule has 0 radical (unpaired) electrons. The van der Waals surface area contributed by atoms with Crippen molar-refractivity contribution in [3.05, 3.63) is 0 Å². The molecule has 0 spiro atoms. The van der Waals surface area contributed by atoms with Crippen molar-refractivity contribution in [2.45, 2.75) is 31.8 Å². The van der Waals surface area contributed by atoms with Crippen LogP contribution in [0.5, 0.6) is 0 Å². The van der Waals surface area contributed by atoms with Gasteiger partial charge in [-0.05, 0) is 5.92 Å². The van der Waals surface area contributed by atoms with E-state index in [1.807, 2.05) is 0 Å². The second-order valence-corrected chi connectivity index (χ2v) is 4.49. The van der Waals surface area contributed by atoms with E-state index in [0.29, 0.717) is 5.92 Å². The van der Waals surface area contributed by atoms with E-state index >= 15 is 0 Å². The van der Waals surface area contributed by atoms with E-state index < -0.39 is 0 Å². The molecule has 0 bridgehead atoms. The van der Waals surface area contributed by atoms with Crippen LogP contribution in [-0.2, 0) is 0 Å². The Labute approximate surface area is 71.0 Å². The number of hydrogen-bond acceptors (Lipinski definition) is 1. The summed E-state index contributed by atoms with van der Waals surface area (Å²) in [5.74, 6) is 0.532. The van der Waals surface area contributed by atoms with Crippen molar-refractivity contribution < 1.29 is 5.11 Å². The molecule has 0 rings (SSSR count). The molecule has 56 valence electrons. The fraction of sp³-hybridized carbons (Fsp3) is 1.00. The van der Waals surface area contributed by atoms with E-state index in [0.717, 1.165) is 0 Å². The highest BCUT2D eigenvalue weighted by atomic mass is 127. The second kappa shape index (κ2) is 3.19. The molecule has 9 heavy (non-hydrogen) atoms. The summed E-state index contributed by atoms with van der Waals surface area (Å²) in [5, 5.41) is 9.24. The Balaban J connectivity index is 4.01. The van der Waals surface area contributed by atoms with Crippen LogP contribution in [-0.4, -0.2) is 9.22 Å². The Morgan fingerprint density at radius 3 is 1.67 bits per heavy atom. The van der Waals surface area contributed by atoms with E-state index in [1.54, 1.807) is 0 Å². The van der Waals surface area contributed by atoms with Gasteiger partial charge in [-0.25, -0.2) is 0 Å². The zero-order valence-corrected chi connectivity index (χ0v) is 8.64. The van der Waals surface area contributed by atoms with Crippen LogP contribution in [0, 0.1) is 11.3 Å². The highest BCUT2D eigenvalue weighted by Gasteiger charge is 2.28. The van der Waals surface area contributed by atoms with Crippen LogP contribution in [0.25, 0.3) is 0 Å². The van der Waals surface area contributed by atoms with Gasteiger partial charge >= 0.3 is 0 Å². The third-order valence-corrected chi connectivity index (χ3v) is 3.71. The fourth-order valence-electron chi connectivity index (χ4n) is 0.275. The summed E-state index contributed by atoms with van der Waals surface area (Å²) in [6, 6.07) is 0. The van der Waals surface area contributed by atoms with Crippen molar-refractivity contribution >= 4 is 22.6 Å². The fourth-order valence-corrected chi connectivity index (χ4v) is 0.994. The van der Waals surface area contributed by atoms with Gasteiger partial charge in [0, 0.05) is 5.41 Å². The van der Waals surface area contributed by atoms with Crippen molar-refractivity contribution in [1.29, 1.82) is 0 Å². The van der Waals surface area contributed by atoms with Gasteiger partial charge in [0.2, 0.25) is 0 Å². The number of hydrogen-bond donors (Lipinski definition) is 1. The highest BCUT2D eigenvalue weighted by Crippen LogP contribution is 2.33. The van der Waals surface area contributed by atoms with Crippen LogP contribution in [0.4, 0.5) is 0 Å². The van der Waals surface area contributed by atoms with Gasteiger partial charge in [0.15, 0.2) is 0 Å². The van der Waals surface area contributed by atoms with E-state index in [-0.39, 0.29) is 9.53 Å². The third kappa shape index (κ3) is 2.42. The molecule has 1 N–H and O–H groups in total. The number of aliphatic hydroxyl groups is 1. The Kier molecular flexibility index (Phi) is 3.44. The second-order valence-electron chi connectivity index (χ2n) is 3.31. The van der Waals surface area contributed by atoms with Gasteiger partial charge in [-0.1, -0.05) is 50.3 Å². The maximum absolute atomic E-state index is 9.24. The predicted molar refractivity (Wildman–Crippen MR) is 48.6 cm³/mol. The highest BCUT2D eigenvalue weighted by molar-refractivity contribution is 14.1. The van der Waals surface area contributed by atoms with Gasteiger partial charge in [-0.3, -0.25) is 0 Å². The van der Waals surface area contributed by atoms with Crippen LogP contribution < -0.4 is 0 Å². The van der Waals surface area contributed by atoms with Crippen molar-refractivity contribution in [3.63, 3.8) is 0 Å². The van der Waals surface area contributed by atoms with E-state index in [9.17, 15) is 5.11 Å². The maximum Gasteiger partial charge on any atom is 0.110 e. The number of aliphatic hydroxyl groups excluding tert-OH is 1. The molecular formula is C7H15IO. The molecule has 0 aliphatic carbocycles. The van der Waals surface area contributed by atoms with Crippen molar-refractivity contribution in [3.8, 4) is 0 Å².